The topological polar surface area (TPSA) is 57.2 Å². The molecule has 0 heterocycles. The van der Waals surface area contributed by atoms with E-state index in [2.05, 4.69) is 15.9 Å². The Labute approximate surface area is 91.8 Å². The summed E-state index contributed by atoms with van der Waals surface area (Å²) in [6.45, 7) is 0. The number of alkyl halides is 3. The van der Waals surface area contributed by atoms with Crippen LogP contribution >= 0.6 is 15.9 Å². The molecular formula is C7H3BrF3O3S-. The van der Waals surface area contributed by atoms with Gasteiger partial charge in [-0.2, -0.15) is 13.2 Å². The number of rotatable bonds is 1. The molecule has 1 rings (SSSR count). The van der Waals surface area contributed by atoms with Gasteiger partial charge < -0.3 is 4.55 Å². The molecule has 1 aromatic carbocycles. The number of hydrogen-bond acceptors (Lipinski definition) is 3. The second-order valence-electron chi connectivity index (χ2n) is 2.59. The quantitative estimate of drug-likeness (QED) is 0.748. The third-order valence-electron chi connectivity index (χ3n) is 1.53. The molecule has 0 N–H and O–H groups in total. The maximum atomic E-state index is 12.3. The van der Waals surface area contributed by atoms with E-state index in [1.54, 1.807) is 0 Å². The first-order chi connectivity index (χ1) is 6.62. The maximum absolute atomic E-state index is 12.3. The third-order valence-corrected chi connectivity index (χ3v) is 3.05. The van der Waals surface area contributed by atoms with Crippen molar-refractivity contribution >= 4 is 26.0 Å². The van der Waals surface area contributed by atoms with Crippen LogP contribution in [0.1, 0.15) is 5.56 Å². The molecule has 84 valence electrons. The van der Waals surface area contributed by atoms with Gasteiger partial charge in [-0.3, -0.25) is 0 Å². The highest BCUT2D eigenvalue weighted by Crippen LogP contribution is 2.35. The van der Waals surface area contributed by atoms with Gasteiger partial charge in [-0.15, -0.1) is 0 Å². The number of halogens is 4. The van der Waals surface area contributed by atoms with Gasteiger partial charge in [0, 0.05) is 4.47 Å². The van der Waals surface area contributed by atoms with Crippen LogP contribution in [0, 0.1) is 0 Å². The van der Waals surface area contributed by atoms with E-state index in [-0.39, 0.29) is 4.47 Å². The first-order valence-corrected chi connectivity index (χ1v) is 5.65. The molecule has 0 bridgehead atoms. The normalized spacial score (nSPS) is 12.9. The van der Waals surface area contributed by atoms with E-state index < -0.39 is 26.8 Å². The van der Waals surface area contributed by atoms with Gasteiger partial charge in [0.1, 0.15) is 10.1 Å². The van der Waals surface area contributed by atoms with Gasteiger partial charge in [-0.05, 0) is 18.2 Å². The molecular weight excluding hydrogens is 301 g/mol. The monoisotopic (exact) mass is 303 g/mol. The minimum Gasteiger partial charge on any atom is -0.744 e. The Balaban J connectivity index is 3.43. The lowest BCUT2D eigenvalue weighted by molar-refractivity contribution is -0.138. The van der Waals surface area contributed by atoms with Crippen LogP contribution in [-0.4, -0.2) is 13.0 Å². The van der Waals surface area contributed by atoms with Gasteiger partial charge in [0.2, 0.25) is 0 Å². The summed E-state index contributed by atoms with van der Waals surface area (Å²) in [5.74, 6) is 0. The molecule has 8 heteroatoms. The van der Waals surface area contributed by atoms with Crippen LogP contribution in [0.5, 0.6) is 0 Å². The van der Waals surface area contributed by atoms with Crippen molar-refractivity contribution < 1.29 is 26.1 Å². The van der Waals surface area contributed by atoms with E-state index in [1.165, 1.54) is 0 Å². The van der Waals surface area contributed by atoms with Crippen LogP contribution in [0.4, 0.5) is 13.2 Å². The molecule has 0 saturated carbocycles. The molecule has 0 saturated heterocycles. The molecule has 0 fully saturated rings. The summed E-state index contributed by atoms with van der Waals surface area (Å²) in [4.78, 5) is -0.905. The van der Waals surface area contributed by atoms with Gasteiger partial charge in [0.15, 0.2) is 0 Å². The summed E-state index contributed by atoms with van der Waals surface area (Å²) in [5, 5.41) is 0. The Hall–Kier alpha value is -0.600. The predicted octanol–water partition coefficient (Wildman–Crippen LogP) is 2.37. The Morgan fingerprint density at radius 2 is 1.80 bits per heavy atom. The molecule has 1 aromatic rings. The van der Waals surface area contributed by atoms with Gasteiger partial charge in [-0.1, -0.05) is 15.9 Å². The van der Waals surface area contributed by atoms with Crippen molar-refractivity contribution in [3.8, 4) is 0 Å². The van der Waals surface area contributed by atoms with Gasteiger partial charge in [0.05, 0.1) is 10.5 Å². The Bertz CT molecular complexity index is 481. The van der Waals surface area contributed by atoms with E-state index in [1.807, 2.05) is 0 Å². The highest BCUT2D eigenvalue weighted by atomic mass is 79.9. The average molecular weight is 304 g/mol. The average Bonchev–Trinajstić information content (AvgIpc) is 2.00. The molecule has 3 nitrogen and oxygen atoms in total. The largest absolute Gasteiger partial charge is 0.744 e. The molecule has 0 amide bonds. The van der Waals surface area contributed by atoms with Crippen molar-refractivity contribution in [2.75, 3.05) is 0 Å². The van der Waals surface area contributed by atoms with Crippen molar-refractivity contribution in [1.29, 1.82) is 0 Å². The fourth-order valence-electron chi connectivity index (χ4n) is 0.877. The third kappa shape index (κ3) is 2.93. The van der Waals surface area contributed by atoms with E-state index in [4.69, 9.17) is 0 Å². The zero-order valence-electron chi connectivity index (χ0n) is 6.88. The molecule has 0 aliphatic carbocycles. The lowest BCUT2D eigenvalue weighted by Gasteiger charge is -2.12. The molecule has 15 heavy (non-hydrogen) atoms. The van der Waals surface area contributed by atoms with Crippen molar-refractivity contribution in [2.45, 2.75) is 11.1 Å². The highest BCUT2D eigenvalue weighted by Gasteiger charge is 2.33. The van der Waals surface area contributed by atoms with E-state index in [9.17, 15) is 26.1 Å². The summed E-state index contributed by atoms with van der Waals surface area (Å²) in [5.41, 5.74) is -1.19. The maximum Gasteiger partial charge on any atom is 0.417 e. The number of benzene rings is 1. The highest BCUT2D eigenvalue weighted by molar-refractivity contribution is 9.10. The van der Waals surface area contributed by atoms with Gasteiger partial charge in [0.25, 0.3) is 0 Å². The molecule has 0 aliphatic heterocycles. The van der Waals surface area contributed by atoms with Gasteiger partial charge in [-0.25, -0.2) is 8.42 Å². The summed E-state index contributed by atoms with van der Waals surface area (Å²) < 4.78 is 68.0. The van der Waals surface area contributed by atoms with Crippen molar-refractivity contribution in [1.82, 2.24) is 0 Å². The first kappa shape index (κ1) is 12.5. The zero-order chi connectivity index (χ0) is 11.9. The lowest BCUT2D eigenvalue weighted by Crippen LogP contribution is -2.08. The fourth-order valence-corrected chi connectivity index (χ4v) is 1.85. The summed E-state index contributed by atoms with van der Waals surface area (Å²) in [6, 6.07) is 1.97. The van der Waals surface area contributed by atoms with E-state index in [0.29, 0.717) is 6.07 Å². The summed E-state index contributed by atoms with van der Waals surface area (Å²) in [6.07, 6.45) is -4.71. The molecule has 0 spiro atoms. The summed E-state index contributed by atoms with van der Waals surface area (Å²) in [7, 11) is -4.87. The SMILES string of the molecule is O=S(=O)([O-])c1ccc(Br)c(C(F)(F)F)c1. The fraction of sp³-hybridized carbons (Fsp3) is 0.143. The molecule has 0 aromatic heterocycles. The predicted molar refractivity (Wildman–Crippen MR) is 47.1 cm³/mol. The van der Waals surface area contributed by atoms with E-state index >= 15 is 0 Å². The Morgan fingerprint density at radius 3 is 2.20 bits per heavy atom. The minimum atomic E-state index is -4.87. The first-order valence-electron chi connectivity index (χ1n) is 3.45. The van der Waals surface area contributed by atoms with Crippen molar-refractivity contribution in [3.05, 3.63) is 28.2 Å². The standard InChI is InChI=1S/C7H4BrF3O3S/c8-6-2-1-4(15(12,13)14)3-5(6)7(9,10)11/h1-3H,(H,12,13,14)/p-1. The molecule has 0 atom stereocenters. The van der Waals surface area contributed by atoms with E-state index in [0.717, 1.165) is 12.1 Å². The summed E-state index contributed by atoms with van der Waals surface area (Å²) >= 11 is 2.62. The molecule has 0 unspecified atom stereocenters. The van der Waals surface area contributed by atoms with Crippen LogP contribution < -0.4 is 0 Å². The van der Waals surface area contributed by atoms with Crippen molar-refractivity contribution in [2.24, 2.45) is 0 Å². The number of hydrogen-bond donors (Lipinski definition) is 0. The van der Waals surface area contributed by atoms with Gasteiger partial charge >= 0.3 is 6.18 Å². The Kier molecular flexibility index (Phi) is 3.13. The second-order valence-corrected chi connectivity index (χ2v) is 4.83. The zero-order valence-corrected chi connectivity index (χ0v) is 9.28. The van der Waals surface area contributed by atoms with Crippen molar-refractivity contribution in [3.63, 3.8) is 0 Å². The lowest BCUT2D eigenvalue weighted by atomic mass is 10.2. The Morgan fingerprint density at radius 1 is 1.27 bits per heavy atom. The minimum absolute atomic E-state index is 0.298. The van der Waals surface area contributed by atoms with Crippen LogP contribution in [0.3, 0.4) is 0 Å². The molecule has 0 radical (unpaired) electrons. The molecule has 0 aliphatic rings. The smallest absolute Gasteiger partial charge is 0.417 e. The van der Waals surface area contributed by atoms with Crippen LogP contribution in [0.2, 0.25) is 0 Å². The van der Waals surface area contributed by atoms with Crippen LogP contribution in [0.15, 0.2) is 27.6 Å². The second kappa shape index (κ2) is 3.76. The van der Waals surface area contributed by atoms with Crippen LogP contribution in [-0.2, 0) is 16.3 Å². The van der Waals surface area contributed by atoms with Crippen LogP contribution in [0.25, 0.3) is 0 Å².